The third-order valence-electron chi connectivity index (χ3n) is 2.15. The Labute approximate surface area is 79.6 Å². The van der Waals surface area contributed by atoms with Crippen molar-refractivity contribution >= 4 is 11.6 Å². The molecule has 1 aliphatic rings. The number of halogens is 1. The standard InChI is InChI=1S/C11H15Cl/c1-9(2)10-4-6-11(3,8-12)7-5-10/h4-7H,8H2,1-3H3. The highest BCUT2D eigenvalue weighted by atomic mass is 35.5. The van der Waals surface area contributed by atoms with Gasteiger partial charge >= 0.3 is 0 Å². The first-order valence-corrected chi connectivity index (χ1v) is 4.73. The molecule has 0 N–H and O–H groups in total. The third kappa shape index (κ3) is 2.01. The van der Waals surface area contributed by atoms with Gasteiger partial charge in [0.1, 0.15) is 0 Å². The predicted molar refractivity (Wildman–Crippen MR) is 55.5 cm³/mol. The average Bonchev–Trinajstić information content (AvgIpc) is 2.05. The molecule has 0 aromatic heterocycles. The fourth-order valence-corrected chi connectivity index (χ4v) is 1.27. The van der Waals surface area contributed by atoms with Crippen LogP contribution in [0.4, 0.5) is 0 Å². The van der Waals surface area contributed by atoms with Gasteiger partial charge in [-0.2, -0.15) is 0 Å². The average molecular weight is 183 g/mol. The largest absolute Gasteiger partial charge is 0.125 e. The lowest BCUT2D eigenvalue weighted by atomic mass is 9.86. The van der Waals surface area contributed by atoms with Crippen LogP contribution < -0.4 is 0 Å². The quantitative estimate of drug-likeness (QED) is 0.543. The van der Waals surface area contributed by atoms with E-state index in [1.807, 2.05) is 0 Å². The molecule has 1 rings (SSSR count). The van der Waals surface area contributed by atoms with Crippen molar-refractivity contribution in [2.45, 2.75) is 20.8 Å². The molecular weight excluding hydrogens is 168 g/mol. The number of hydrogen-bond acceptors (Lipinski definition) is 0. The summed E-state index contributed by atoms with van der Waals surface area (Å²) < 4.78 is 0. The topological polar surface area (TPSA) is 0 Å². The Balaban J connectivity index is 2.87. The van der Waals surface area contributed by atoms with Gasteiger partial charge in [-0.25, -0.2) is 0 Å². The summed E-state index contributed by atoms with van der Waals surface area (Å²) >= 11 is 5.83. The second-order valence-corrected chi connectivity index (χ2v) is 4.03. The lowest BCUT2D eigenvalue weighted by molar-refractivity contribution is 0.629. The van der Waals surface area contributed by atoms with Crippen molar-refractivity contribution in [3.63, 3.8) is 0 Å². The van der Waals surface area contributed by atoms with Crippen LogP contribution in [0.25, 0.3) is 0 Å². The van der Waals surface area contributed by atoms with Crippen molar-refractivity contribution in [3.05, 3.63) is 35.5 Å². The molecule has 66 valence electrons. The Bertz CT molecular complexity index is 236. The first-order chi connectivity index (χ1) is 5.57. The van der Waals surface area contributed by atoms with Crippen LogP contribution in [0.2, 0.25) is 0 Å². The van der Waals surface area contributed by atoms with E-state index in [0.29, 0.717) is 5.88 Å². The molecule has 0 nitrogen and oxygen atoms in total. The summed E-state index contributed by atoms with van der Waals surface area (Å²) in [4.78, 5) is 0. The minimum Gasteiger partial charge on any atom is -0.125 e. The molecule has 0 saturated carbocycles. The van der Waals surface area contributed by atoms with Crippen LogP contribution in [-0.2, 0) is 0 Å². The van der Waals surface area contributed by atoms with Crippen LogP contribution >= 0.6 is 11.6 Å². The van der Waals surface area contributed by atoms with Crippen molar-refractivity contribution < 1.29 is 0 Å². The van der Waals surface area contributed by atoms with Gasteiger partial charge in [-0.1, -0.05) is 36.8 Å². The van der Waals surface area contributed by atoms with E-state index < -0.39 is 0 Å². The van der Waals surface area contributed by atoms with Gasteiger partial charge in [0.2, 0.25) is 0 Å². The molecule has 0 unspecified atom stereocenters. The number of alkyl halides is 1. The van der Waals surface area contributed by atoms with Crippen molar-refractivity contribution in [2.24, 2.45) is 5.41 Å². The molecule has 0 aromatic carbocycles. The molecule has 0 aliphatic heterocycles. The zero-order valence-electron chi connectivity index (χ0n) is 7.89. The summed E-state index contributed by atoms with van der Waals surface area (Å²) in [6.07, 6.45) is 8.64. The first kappa shape index (κ1) is 9.60. The Kier molecular flexibility index (Phi) is 2.79. The van der Waals surface area contributed by atoms with E-state index in [9.17, 15) is 0 Å². The second kappa shape index (κ2) is 3.49. The van der Waals surface area contributed by atoms with Crippen molar-refractivity contribution in [3.8, 4) is 0 Å². The molecule has 0 bridgehead atoms. The van der Waals surface area contributed by atoms with Gasteiger partial charge in [-0.15, -0.1) is 11.6 Å². The maximum Gasteiger partial charge on any atom is 0.0347 e. The molecular formula is C11H15Cl. The Morgan fingerprint density at radius 2 is 1.83 bits per heavy atom. The Morgan fingerprint density at radius 1 is 1.33 bits per heavy atom. The van der Waals surface area contributed by atoms with E-state index in [4.69, 9.17) is 11.6 Å². The van der Waals surface area contributed by atoms with E-state index in [-0.39, 0.29) is 5.41 Å². The molecule has 0 aromatic rings. The molecule has 0 heterocycles. The molecule has 1 aliphatic carbocycles. The van der Waals surface area contributed by atoms with Gasteiger partial charge in [0, 0.05) is 11.3 Å². The second-order valence-electron chi connectivity index (χ2n) is 3.76. The van der Waals surface area contributed by atoms with Crippen molar-refractivity contribution in [1.82, 2.24) is 0 Å². The minimum atomic E-state index is 0.0561. The van der Waals surface area contributed by atoms with Gasteiger partial charge in [0.25, 0.3) is 0 Å². The maximum atomic E-state index is 5.83. The highest BCUT2D eigenvalue weighted by molar-refractivity contribution is 6.18. The molecule has 12 heavy (non-hydrogen) atoms. The van der Waals surface area contributed by atoms with Crippen LogP contribution in [0.15, 0.2) is 35.5 Å². The summed E-state index contributed by atoms with van der Waals surface area (Å²) in [5.41, 5.74) is 2.71. The number of rotatable bonds is 1. The molecule has 0 atom stereocenters. The highest BCUT2D eigenvalue weighted by Gasteiger charge is 2.17. The van der Waals surface area contributed by atoms with Crippen molar-refractivity contribution in [1.29, 1.82) is 0 Å². The smallest absolute Gasteiger partial charge is 0.0347 e. The molecule has 0 spiro atoms. The van der Waals surface area contributed by atoms with E-state index in [2.05, 4.69) is 45.1 Å². The lowest BCUT2D eigenvalue weighted by Crippen LogP contribution is -2.13. The summed E-state index contributed by atoms with van der Waals surface area (Å²) in [5.74, 6) is 0.649. The zero-order chi connectivity index (χ0) is 9.19. The van der Waals surface area contributed by atoms with Crippen LogP contribution in [0.5, 0.6) is 0 Å². The number of allylic oxidation sites excluding steroid dienone is 6. The fraction of sp³-hybridized carbons (Fsp3) is 0.455. The predicted octanol–water partition coefficient (Wildman–Crippen LogP) is 3.69. The Hall–Kier alpha value is -0.490. The minimum absolute atomic E-state index is 0.0561. The van der Waals surface area contributed by atoms with Crippen LogP contribution in [0.3, 0.4) is 0 Å². The normalized spacial score (nSPS) is 27.8. The fourth-order valence-electron chi connectivity index (χ4n) is 1.09. The van der Waals surface area contributed by atoms with E-state index in [1.54, 1.807) is 0 Å². The van der Waals surface area contributed by atoms with E-state index in [1.165, 1.54) is 11.1 Å². The van der Waals surface area contributed by atoms with Crippen LogP contribution in [0, 0.1) is 5.41 Å². The van der Waals surface area contributed by atoms with Gasteiger partial charge in [0.15, 0.2) is 0 Å². The van der Waals surface area contributed by atoms with Gasteiger partial charge in [-0.3, -0.25) is 0 Å². The summed E-state index contributed by atoms with van der Waals surface area (Å²) in [5, 5.41) is 0. The molecule has 0 amide bonds. The zero-order valence-corrected chi connectivity index (χ0v) is 8.65. The summed E-state index contributed by atoms with van der Waals surface area (Å²) in [6, 6.07) is 0. The highest BCUT2D eigenvalue weighted by Crippen LogP contribution is 2.28. The number of hydrogen-bond donors (Lipinski definition) is 0. The summed E-state index contributed by atoms with van der Waals surface area (Å²) in [7, 11) is 0. The molecule has 0 fully saturated rings. The maximum absolute atomic E-state index is 5.83. The monoisotopic (exact) mass is 182 g/mol. The van der Waals surface area contributed by atoms with E-state index >= 15 is 0 Å². The SMILES string of the molecule is CC(C)=C1C=CC(C)(CCl)C=C1. The van der Waals surface area contributed by atoms with E-state index in [0.717, 1.165) is 0 Å². The molecule has 1 heteroatoms. The van der Waals surface area contributed by atoms with Crippen LogP contribution in [0.1, 0.15) is 20.8 Å². The van der Waals surface area contributed by atoms with Gasteiger partial charge < -0.3 is 0 Å². The van der Waals surface area contributed by atoms with Crippen LogP contribution in [-0.4, -0.2) is 5.88 Å². The summed E-state index contributed by atoms with van der Waals surface area (Å²) in [6.45, 7) is 6.37. The first-order valence-electron chi connectivity index (χ1n) is 4.19. The van der Waals surface area contributed by atoms with Gasteiger partial charge in [0.05, 0.1) is 0 Å². The van der Waals surface area contributed by atoms with Gasteiger partial charge in [-0.05, 0) is 19.4 Å². The third-order valence-corrected chi connectivity index (χ3v) is 2.73. The molecule has 0 radical (unpaired) electrons. The Morgan fingerprint density at radius 3 is 2.17 bits per heavy atom. The molecule has 0 saturated heterocycles. The lowest BCUT2D eigenvalue weighted by Gasteiger charge is -2.21. The van der Waals surface area contributed by atoms with Crippen molar-refractivity contribution in [2.75, 3.05) is 5.88 Å².